The predicted molar refractivity (Wildman–Crippen MR) is 251 cm³/mol. The van der Waals surface area contributed by atoms with Gasteiger partial charge in [0.25, 0.3) is 6.71 Å². The van der Waals surface area contributed by atoms with Crippen LogP contribution in [0.3, 0.4) is 0 Å². The molecule has 0 saturated heterocycles. The smallest absolute Gasteiger partial charge is 0.250 e. The summed E-state index contributed by atoms with van der Waals surface area (Å²) in [5.74, 6) is 1.85. The van der Waals surface area contributed by atoms with E-state index in [4.69, 9.17) is 4.74 Å². The summed E-state index contributed by atoms with van der Waals surface area (Å²) in [6.45, 7) is 0.0700. The first kappa shape index (κ1) is 32.7. The number of para-hydroxylation sites is 5. The fourth-order valence-electron chi connectivity index (χ4n) is 9.92. The van der Waals surface area contributed by atoms with Crippen molar-refractivity contribution in [2.24, 2.45) is 0 Å². The lowest BCUT2D eigenvalue weighted by Gasteiger charge is -2.26. The van der Waals surface area contributed by atoms with Crippen molar-refractivity contribution in [2.75, 3.05) is 0 Å². The van der Waals surface area contributed by atoms with Crippen LogP contribution in [0.2, 0.25) is 0 Å². The number of hydrogen-bond acceptors (Lipinski definition) is 2. The van der Waals surface area contributed by atoms with Gasteiger partial charge in [0.1, 0.15) is 11.5 Å². The van der Waals surface area contributed by atoms with E-state index in [1.54, 1.807) is 0 Å². The van der Waals surface area contributed by atoms with E-state index in [1.165, 1.54) is 97.0 Å². The van der Waals surface area contributed by atoms with Gasteiger partial charge >= 0.3 is 0 Å². The summed E-state index contributed by atoms with van der Waals surface area (Å²) in [7, 11) is 0. The van der Waals surface area contributed by atoms with Crippen LogP contribution in [0.15, 0.2) is 200 Å². The van der Waals surface area contributed by atoms with Crippen LogP contribution in [0.1, 0.15) is 0 Å². The molecule has 274 valence electrons. The largest absolute Gasteiger partial charge is 0.458 e. The van der Waals surface area contributed by atoms with Crippen molar-refractivity contribution in [3.05, 3.63) is 200 Å². The quantitative estimate of drug-likeness (QED) is 0.163. The van der Waals surface area contributed by atoms with Gasteiger partial charge in [0.15, 0.2) is 0 Å². The zero-order chi connectivity index (χ0) is 38.6. The van der Waals surface area contributed by atoms with Crippen molar-refractivity contribution in [2.45, 2.75) is 0 Å². The Morgan fingerprint density at radius 1 is 0.390 bits per heavy atom. The van der Waals surface area contributed by atoms with E-state index in [0.717, 1.165) is 17.2 Å². The molecule has 3 aromatic heterocycles. The molecule has 0 unspecified atom stereocenters. The second kappa shape index (κ2) is 12.6. The van der Waals surface area contributed by atoms with E-state index < -0.39 is 0 Å². The number of rotatable bonds is 4. The molecular formula is C54H33BN2OS. The molecule has 0 atom stereocenters. The van der Waals surface area contributed by atoms with Crippen LogP contribution in [0.4, 0.5) is 0 Å². The Balaban J connectivity index is 0.991. The van der Waals surface area contributed by atoms with Crippen molar-refractivity contribution in [1.82, 2.24) is 9.13 Å². The summed E-state index contributed by atoms with van der Waals surface area (Å²) in [6.07, 6.45) is 0. The van der Waals surface area contributed by atoms with Gasteiger partial charge < -0.3 is 13.9 Å². The van der Waals surface area contributed by atoms with E-state index in [0.29, 0.717) is 0 Å². The molecule has 0 amide bonds. The summed E-state index contributed by atoms with van der Waals surface area (Å²) in [5, 5.41) is 7.60. The second-order valence-electron chi connectivity index (χ2n) is 15.6. The molecule has 0 aliphatic carbocycles. The average Bonchev–Trinajstić information content (AvgIpc) is 3.96. The van der Waals surface area contributed by atoms with Crippen LogP contribution >= 0.6 is 11.3 Å². The molecule has 4 heterocycles. The van der Waals surface area contributed by atoms with Crippen molar-refractivity contribution in [3.8, 4) is 34.0 Å². The SMILES string of the molecule is c1cc(-c2cccc3c2sc2c(-n4c5ccccc5c5cc(B6c7ccccc7Oc7ccccc76)ccc54)cccc23)cc(-n2c3ccccc3c3ccccc32)c1. The molecule has 0 fully saturated rings. The van der Waals surface area contributed by atoms with Gasteiger partial charge in [-0.2, -0.15) is 0 Å². The lowest BCUT2D eigenvalue weighted by molar-refractivity contribution is 0.487. The topological polar surface area (TPSA) is 19.1 Å². The van der Waals surface area contributed by atoms with E-state index in [-0.39, 0.29) is 6.71 Å². The maximum Gasteiger partial charge on any atom is 0.250 e. The first-order valence-electron chi connectivity index (χ1n) is 20.2. The van der Waals surface area contributed by atoms with Gasteiger partial charge in [0, 0.05) is 42.7 Å². The number of aromatic nitrogens is 2. The normalized spacial score (nSPS) is 12.5. The third-order valence-electron chi connectivity index (χ3n) is 12.4. The van der Waals surface area contributed by atoms with Crippen LogP contribution in [-0.2, 0) is 0 Å². The Kier molecular flexibility index (Phi) is 6.98. The number of thiophene rings is 1. The molecule has 9 aromatic carbocycles. The number of hydrogen-bond donors (Lipinski definition) is 0. The third-order valence-corrected chi connectivity index (χ3v) is 13.7. The Bertz CT molecular complexity index is 3590. The fourth-order valence-corrected chi connectivity index (χ4v) is 11.3. The first-order chi connectivity index (χ1) is 29.3. The minimum Gasteiger partial charge on any atom is -0.458 e. The molecule has 13 rings (SSSR count). The van der Waals surface area contributed by atoms with Crippen LogP contribution in [0.5, 0.6) is 11.5 Å². The lowest BCUT2D eigenvalue weighted by atomic mass is 9.36. The van der Waals surface area contributed by atoms with E-state index in [9.17, 15) is 0 Å². The molecule has 0 saturated carbocycles. The molecule has 3 nitrogen and oxygen atoms in total. The average molecular weight is 769 g/mol. The minimum atomic E-state index is 0.0700. The summed E-state index contributed by atoms with van der Waals surface area (Å²) in [6, 6.07) is 73.0. The van der Waals surface area contributed by atoms with Crippen molar-refractivity contribution in [1.29, 1.82) is 0 Å². The predicted octanol–water partition coefficient (Wildman–Crippen LogP) is 12.5. The van der Waals surface area contributed by atoms with Crippen LogP contribution < -0.4 is 21.1 Å². The van der Waals surface area contributed by atoms with Gasteiger partial charge in [0.05, 0.1) is 32.5 Å². The molecule has 59 heavy (non-hydrogen) atoms. The van der Waals surface area contributed by atoms with Gasteiger partial charge in [-0.3, -0.25) is 0 Å². The fraction of sp³-hybridized carbons (Fsp3) is 0. The molecule has 5 heteroatoms. The highest BCUT2D eigenvalue weighted by atomic mass is 32.1. The molecular weight excluding hydrogens is 735 g/mol. The molecule has 0 bridgehead atoms. The van der Waals surface area contributed by atoms with Gasteiger partial charge in [-0.25, -0.2) is 0 Å². The molecule has 0 spiro atoms. The molecule has 12 aromatic rings. The summed E-state index contributed by atoms with van der Waals surface area (Å²) in [5.41, 5.74) is 13.3. The van der Waals surface area contributed by atoms with Crippen LogP contribution in [0.25, 0.3) is 86.3 Å². The van der Waals surface area contributed by atoms with Gasteiger partial charge in [-0.15, -0.1) is 11.3 Å². The van der Waals surface area contributed by atoms with E-state index >= 15 is 0 Å². The summed E-state index contributed by atoms with van der Waals surface area (Å²) in [4.78, 5) is 0. The number of fused-ring (bicyclic) bond motifs is 11. The number of nitrogens with zero attached hydrogens (tertiary/aromatic N) is 2. The van der Waals surface area contributed by atoms with Crippen molar-refractivity contribution >= 4 is 98.2 Å². The standard InChI is InChI=1S/C54H33BN2OS/c1-6-24-46-38(16-1)39-17-2-7-25-47(39)56(46)36-15-11-14-34(32-36)37-19-12-20-41-42-21-13-27-50(54(42)59-53(37)41)57-48-26-8-3-18-40(48)43-33-35(30-31-49(43)57)55-44-22-4-9-28-51(44)58-52-29-10-5-23-45(52)55/h1-33H. The van der Waals surface area contributed by atoms with Crippen molar-refractivity contribution in [3.63, 3.8) is 0 Å². The maximum atomic E-state index is 6.40. The summed E-state index contributed by atoms with van der Waals surface area (Å²) >= 11 is 1.90. The van der Waals surface area contributed by atoms with E-state index in [2.05, 4.69) is 209 Å². The zero-order valence-corrected chi connectivity index (χ0v) is 32.7. The van der Waals surface area contributed by atoms with Gasteiger partial charge in [-0.1, -0.05) is 151 Å². The molecule has 1 aliphatic rings. The molecule has 1 aliphatic heterocycles. The van der Waals surface area contributed by atoms with Crippen LogP contribution in [-0.4, -0.2) is 15.8 Å². The van der Waals surface area contributed by atoms with Crippen LogP contribution in [0, 0.1) is 0 Å². The Morgan fingerprint density at radius 2 is 0.932 bits per heavy atom. The maximum absolute atomic E-state index is 6.40. The second-order valence-corrected chi connectivity index (χ2v) is 16.6. The first-order valence-corrected chi connectivity index (χ1v) is 21.0. The minimum absolute atomic E-state index is 0.0700. The lowest BCUT2D eigenvalue weighted by Crippen LogP contribution is -2.54. The monoisotopic (exact) mass is 768 g/mol. The highest BCUT2D eigenvalue weighted by Crippen LogP contribution is 2.44. The molecule has 0 N–H and O–H groups in total. The zero-order valence-electron chi connectivity index (χ0n) is 31.8. The highest BCUT2D eigenvalue weighted by Gasteiger charge is 2.32. The highest BCUT2D eigenvalue weighted by molar-refractivity contribution is 7.26. The van der Waals surface area contributed by atoms with Gasteiger partial charge in [-0.05, 0) is 76.6 Å². The number of benzene rings is 9. The third kappa shape index (κ3) is 4.77. The number of ether oxygens (including phenoxy) is 1. The summed E-state index contributed by atoms with van der Waals surface area (Å²) < 4.78 is 13.9. The van der Waals surface area contributed by atoms with Crippen molar-refractivity contribution < 1.29 is 4.74 Å². The Hall–Kier alpha value is -7.34. The molecule has 0 radical (unpaired) electrons. The Labute approximate surface area is 344 Å². The van der Waals surface area contributed by atoms with E-state index in [1.807, 2.05) is 11.3 Å². The Morgan fingerprint density at radius 3 is 1.64 bits per heavy atom. The van der Waals surface area contributed by atoms with Gasteiger partial charge in [0.2, 0.25) is 0 Å².